The zero-order chi connectivity index (χ0) is 10.4. The second kappa shape index (κ2) is 5.98. The molecule has 1 rings (SSSR count). The molecule has 0 aliphatic carbocycles. The number of aliphatic hydroxyl groups is 1. The van der Waals surface area contributed by atoms with Crippen molar-refractivity contribution in [2.24, 2.45) is 0 Å². The fourth-order valence-corrected chi connectivity index (χ4v) is 1.53. The summed E-state index contributed by atoms with van der Waals surface area (Å²) in [6, 6.07) is 0. The van der Waals surface area contributed by atoms with Gasteiger partial charge in [-0.25, -0.2) is 0 Å². The Hall–Kier alpha value is -0.610. The van der Waals surface area contributed by atoms with E-state index in [2.05, 4.69) is 0 Å². The topological polar surface area (TPSA) is 49.8 Å². The summed E-state index contributed by atoms with van der Waals surface area (Å²) < 4.78 is 5.23. The zero-order valence-corrected chi connectivity index (χ0v) is 8.74. The number of ether oxygens (including phenoxy) is 1. The van der Waals surface area contributed by atoms with Crippen LogP contribution >= 0.6 is 0 Å². The lowest BCUT2D eigenvalue weighted by Gasteiger charge is -2.15. The molecule has 0 aromatic rings. The van der Waals surface area contributed by atoms with Crippen LogP contribution in [0.25, 0.3) is 0 Å². The molecular weight excluding hydrogens is 182 g/mol. The molecule has 14 heavy (non-hydrogen) atoms. The van der Waals surface area contributed by atoms with Crippen LogP contribution in [0.1, 0.15) is 26.2 Å². The summed E-state index contributed by atoms with van der Waals surface area (Å²) in [5.41, 5.74) is 0. The molecule has 1 atom stereocenters. The molecule has 1 heterocycles. The van der Waals surface area contributed by atoms with E-state index in [4.69, 9.17) is 4.74 Å². The fourth-order valence-electron chi connectivity index (χ4n) is 1.53. The number of hydrogen-bond donors (Lipinski definition) is 1. The number of likely N-dealkylation sites (tertiary alicyclic amines) is 1. The van der Waals surface area contributed by atoms with Gasteiger partial charge >= 0.3 is 0 Å². The third kappa shape index (κ3) is 3.64. The third-order valence-electron chi connectivity index (χ3n) is 2.32. The Labute approximate surface area is 84.8 Å². The number of carbonyl (C=O) groups is 1. The quantitative estimate of drug-likeness (QED) is 0.655. The van der Waals surface area contributed by atoms with Crippen LogP contribution in [-0.4, -0.2) is 48.3 Å². The van der Waals surface area contributed by atoms with Crippen molar-refractivity contribution >= 4 is 5.91 Å². The van der Waals surface area contributed by atoms with Gasteiger partial charge in [0.25, 0.3) is 0 Å². The van der Waals surface area contributed by atoms with Gasteiger partial charge in [0, 0.05) is 19.7 Å². The predicted molar refractivity (Wildman–Crippen MR) is 52.9 cm³/mol. The lowest BCUT2D eigenvalue weighted by Crippen LogP contribution is -2.30. The van der Waals surface area contributed by atoms with Crippen molar-refractivity contribution in [2.45, 2.75) is 32.3 Å². The lowest BCUT2D eigenvalue weighted by atomic mass is 10.3. The van der Waals surface area contributed by atoms with Gasteiger partial charge in [-0.05, 0) is 12.8 Å². The number of rotatable bonds is 5. The number of aliphatic hydroxyl groups excluding tert-OH is 1. The molecule has 82 valence electrons. The van der Waals surface area contributed by atoms with Crippen molar-refractivity contribution in [2.75, 3.05) is 26.3 Å². The van der Waals surface area contributed by atoms with Crippen molar-refractivity contribution < 1.29 is 14.6 Å². The van der Waals surface area contributed by atoms with E-state index < -0.39 is 0 Å². The molecular formula is C10H19NO3. The first-order valence-corrected chi connectivity index (χ1v) is 5.27. The number of β-amino-alcohol motifs (C(OH)–C–C–N with tert-alkyl or cyclic N) is 1. The molecule has 0 saturated carbocycles. The Kier molecular flexibility index (Phi) is 4.90. The van der Waals surface area contributed by atoms with E-state index in [9.17, 15) is 9.90 Å². The van der Waals surface area contributed by atoms with Crippen LogP contribution in [0.3, 0.4) is 0 Å². The van der Waals surface area contributed by atoms with Crippen molar-refractivity contribution in [3.63, 3.8) is 0 Å². The van der Waals surface area contributed by atoms with Crippen LogP contribution in [0.4, 0.5) is 0 Å². The van der Waals surface area contributed by atoms with Gasteiger partial charge in [0.2, 0.25) is 5.91 Å². The monoisotopic (exact) mass is 201 g/mol. The van der Waals surface area contributed by atoms with Gasteiger partial charge in [0.05, 0.1) is 19.1 Å². The van der Waals surface area contributed by atoms with Gasteiger partial charge in [0.1, 0.15) is 0 Å². The molecule has 1 aliphatic rings. The molecule has 4 heteroatoms. The summed E-state index contributed by atoms with van der Waals surface area (Å²) in [4.78, 5) is 13.2. The Morgan fingerprint density at radius 1 is 1.57 bits per heavy atom. The summed E-state index contributed by atoms with van der Waals surface area (Å²) in [6.07, 6.45) is 1.81. The van der Waals surface area contributed by atoms with E-state index in [1.54, 1.807) is 4.90 Å². The molecule has 1 amide bonds. The SMILES string of the molecule is CCCOCCC(=O)N1CCC(O)C1. The maximum Gasteiger partial charge on any atom is 0.224 e. The maximum atomic E-state index is 11.5. The van der Waals surface area contributed by atoms with Crippen LogP contribution < -0.4 is 0 Å². The third-order valence-corrected chi connectivity index (χ3v) is 2.32. The Morgan fingerprint density at radius 2 is 2.36 bits per heavy atom. The normalized spacial score (nSPS) is 21.6. The number of amides is 1. The van der Waals surface area contributed by atoms with Gasteiger partial charge in [-0.2, -0.15) is 0 Å². The number of carbonyl (C=O) groups excluding carboxylic acids is 1. The molecule has 0 aromatic carbocycles. The van der Waals surface area contributed by atoms with E-state index in [1.807, 2.05) is 6.92 Å². The van der Waals surface area contributed by atoms with Crippen LogP contribution in [0.5, 0.6) is 0 Å². The van der Waals surface area contributed by atoms with E-state index in [1.165, 1.54) is 0 Å². The zero-order valence-electron chi connectivity index (χ0n) is 8.74. The van der Waals surface area contributed by atoms with E-state index >= 15 is 0 Å². The molecule has 1 aliphatic heterocycles. The molecule has 1 N–H and O–H groups in total. The van der Waals surface area contributed by atoms with Crippen LogP contribution in [0, 0.1) is 0 Å². The minimum atomic E-state index is -0.324. The standard InChI is InChI=1S/C10H19NO3/c1-2-6-14-7-4-10(13)11-5-3-9(12)8-11/h9,12H,2-8H2,1H3. The summed E-state index contributed by atoms with van der Waals surface area (Å²) >= 11 is 0. The second-order valence-corrected chi connectivity index (χ2v) is 3.64. The van der Waals surface area contributed by atoms with Gasteiger partial charge < -0.3 is 14.7 Å². The highest BCUT2D eigenvalue weighted by atomic mass is 16.5. The molecule has 1 unspecified atom stereocenters. The van der Waals surface area contributed by atoms with Crippen LogP contribution in [-0.2, 0) is 9.53 Å². The largest absolute Gasteiger partial charge is 0.391 e. The minimum absolute atomic E-state index is 0.0950. The van der Waals surface area contributed by atoms with Crippen molar-refractivity contribution in [1.29, 1.82) is 0 Å². The van der Waals surface area contributed by atoms with Crippen molar-refractivity contribution in [1.82, 2.24) is 4.90 Å². The van der Waals surface area contributed by atoms with Gasteiger partial charge in [-0.15, -0.1) is 0 Å². The summed E-state index contributed by atoms with van der Waals surface area (Å²) in [5, 5.41) is 9.23. The highest BCUT2D eigenvalue weighted by Gasteiger charge is 2.23. The number of hydrogen-bond acceptors (Lipinski definition) is 3. The first-order chi connectivity index (χ1) is 6.74. The molecule has 0 aromatic heterocycles. The van der Waals surface area contributed by atoms with Crippen molar-refractivity contribution in [3.8, 4) is 0 Å². The van der Waals surface area contributed by atoms with Crippen LogP contribution in [0.15, 0.2) is 0 Å². The number of nitrogens with zero attached hydrogens (tertiary/aromatic N) is 1. The first-order valence-electron chi connectivity index (χ1n) is 5.27. The Bertz CT molecular complexity index is 184. The maximum absolute atomic E-state index is 11.5. The van der Waals surface area contributed by atoms with Crippen LogP contribution in [0.2, 0.25) is 0 Å². The molecule has 4 nitrogen and oxygen atoms in total. The average molecular weight is 201 g/mol. The molecule has 0 radical (unpaired) electrons. The molecule has 1 fully saturated rings. The minimum Gasteiger partial charge on any atom is -0.391 e. The highest BCUT2D eigenvalue weighted by molar-refractivity contribution is 5.76. The highest BCUT2D eigenvalue weighted by Crippen LogP contribution is 2.09. The average Bonchev–Trinajstić information content (AvgIpc) is 2.59. The van der Waals surface area contributed by atoms with Crippen molar-refractivity contribution in [3.05, 3.63) is 0 Å². The van der Waals surface area contributed by atoms with Gasteiger partial charge in [0.15, 0.2) is 0 Å². The fraction of sp³-hybridized carbons (Fsp3) is 0.900. The Morgan fingerprint density at radius 3 is 2.93 bits per heavy atom. The second-order valence-electron chi connectivity index (χ2n) is 3.64. The van der Waals surface area contributed by atoms with E-state index in [0.717, 1.165) is 13.0 Å². The van der Waals surface area contributed by atoms with E-state index in [-0.39, 0.29) is 12.0 Å². The molecule has 0 bridgehead atoms. The smallest absolute Gasteiger partial charge is 0.224 e. The molecule has 0 spiro atoms. The summed E-state index contributed by atoms with van der Waals surface area (Å²) in [6.45, 7) is 4.44. The van der Waals surface area contributed by atoms with E-state index in [0.29, 0.717) is 32.5 Å². The first kappa shape index (κ1) is 11.5. The lowest BCUT2D eigenvalue weighted by molar-refractivity contribution is -0.131. The predicted octanol–water partition coefficient (Wildman–Crippen LogP) is 0.396. The summed E-state index contributed by atoms with van der Waals surface area (Å²) in [5.74, 6) is 0.0950. The van der Waals surface area contributed by atoms with Gasteiger partial charge in [-0.1, -0.05) is 6.92 Å². The van der Waals surface area contributed by atoms with Gasteiger partial charge in [-0.3, -0.25) is 4.79 Å². The Balaban J connectivity index is 2.09. The molecule has 1 saturated heterocycles. The summed E-state index contributed by atoms with van der Waals surface area (Å²) in [7, 11) is 0.